The lowest BCUT2D eigenvalue weighted by Gasteiger charge is -1.87. The molecule has 16 heavy (non-hydrogen) atoms. The molecule has 0 aliphatic heterocycles. The topological polar surface area (TPSA) is 15.8 Å². The summed E-state index contributed by atoms with van der Waals surface area (Å²) >= 11 is 0. The molecular formula is C15H17N. The van der Waals surface area contributed by atoms with E-state index >= 15 is 0 Å². The highest BCUT2D eigenvalue weighted by Gasteiger charge is 2.00. The molecular weight excluding hydrogens is 194 g/mol. The predicted molar refractivity (Wildman–Crippen MR) is 71.8 cm³/mol. The molecule has 0 spiro atoms. The van der Waals surface area contributed by atoms with Gasteiger partial charge < -0.3 is 4.98 Å². The van der Waals surface area contributed by atoms with E-state index in [0.29, 0.717) is 0 Å². The lowest BCUT2D eigenvalue weighted by molar-refractivity contribution is 1.09. The maximum Gasteiger partial charge on any atom is 0.0464 e. The molecule has 3 aromatic rings. The molecule has 3 rings (SSSR count). The number of benzene rings is 2. The van der Waals surface area contributed by atoms with Gasteiger partial charge in [0.15, 0.2) is 0 Å². The van der Waals surface area contributed by atoms with Crippen LogP contribution in [0.15, 0.2) is 48.5 Å². The van der Waals surface area contributed by atoms with E-state index < -0.39 is 0 Å². The van der Waals surface area contributed by atoms with Gasteiger partial charge in [0.1, 0.15) is 0 Å². The first-order valence-corrected chi connectivity index (χ1v) is 5.82. The van der Waals surface area contributed by atoms with E-state index in [1.807, 2.05) is 0 Å². The molecule has 1 nitrogen and oxygen atoms in total. The Bertz CT molecular complexity index is 528. The molecule has 1 aromatic heterocycles. The van der Waals surface area contributed by atoms with E-state index in [1.165, 1.54) is 28.2 Å². The summed E-state index contributed by atoms with van der Waals surface area (Å²) in [7, 11) is 0. The Balaban J connectivity index is 0.000000292. The highest BCUT2D eigenvalue weighted by molar-refractivity contribution is 6.06. The molecule has 1 N–H and O–H groups in total. The quantitative estimate of drug-likeness (QED) is 0.553. The number of H-pyrrole nitrogens is 1. The highest BCUT2D eigenvalue weighted by atomic mass is 14.7. The van der Waals surface area contributed by atoms with Gasteiger partial charge in [-0.05, 0) is 12.1 Å². The Morgan fingerprint density at radius 2 is 1.12 bits per heavy atom. The Labute approximate surface area is 96.1 Å². The maximum atomic E-state index is 3.38. The van der Waals surface area contributed by atoms with Crippen molar-refractivity contribution >= 4 is 21.8 Å². The standard InChI is InChI=1S/C12H9N.C3H8/c1-3-7-11-9(5-1)10-6-2-4-8-12(10)13-11;1-3-2/h1-8,13H;3H2,1-2H3. The summed E-state index contributed by atoms with van der Waals surface area (Å²) in [4.78, 5) is 3.38. The van der Waals surface area contributed by atoms with Gasteiger partial charge in [-0.1, -0.05) is 56.7 Å². The van der Waals surface area contributed by atoms with Crippen molar-refractivity contribution in [2.24, 2.45) is 0 Å². The second-order valence-corrected chi connectivity index (χ2v) is 3.92. The molecule has 0 atom stereocenters. The van der Waals surface area contributed by atoms with Crippen molar-refractivity contribution in [3.05, 3.63) is 48.5 Å². The zero-order chi connectivity index (χ0) is 11.4. The van der Waals surface area contributed by atoms with Crippen molar-refractivity contribution in [1.82, 2.24) is 4.98 Å². The van der Waals surface area contributed by atoms with Gasteiger partial charge in [-0.15, -0.1) is 0 Å². The first-order valence-electron chi connectivity index (χ1n) is 5.82. The van der Waals surface area contributed by atoms with Crippen LogP contribution < -0.4 is 0 Å². The summed E-state index contributed by atoms with van der Waals surface area (Å²) in [6, 6.07) is 16.8. The van der Waals surface area contributed by atoms with Crippen LogP contribution >= 0.6 is 0 Å². The van der Waals surface area contributed by atoms with Crippen LogP contribution in [0.1, 0.15) is 20.3 Å². The smallest absolute Gasteiger partial charge is 0.0464 e. The average Bonchev–Trinajstić information content (AvgIpc) is 2.68. The first kappa shape index (κ1) is 10.7. The number of hydrogen-bond acceptors (Lipinski definition) is 0. The van der Waals surface area contributed by atoms with E-state index in [9.17, 15) is 0 Å². The number of rotatable bonds is 0. The van der Waals surface area contributed by atoms with Crippen molar-refractivity contribution < 1.29 is 0 Å². The zero-order valence-corrected chi connectivity index (χ0v) is 9.83. The van der Waals surface area contributed by atoms with Gasteiger partial charge in [0.25, 0.3) is 0 Å². The Kier molecular flexibility index (Phi) is 3.25. The largest absolute Gasteiger partial charge is 0.355 e. The van der Waals surface area contributed by atoms with Gasteiger partial charge in [0.05, 0.1) is 0 Å². The molecule has 0 saturated carbocycles. The third-order valence-electron chi connectivity index (χ3n) is 2.41. The van der Waals surface area contributed by atoms with Crippen LogP contribution in [0.4, 0.5) is 0 Å². The summed E-state index contributed by atoms with van der Waals surface area (Å²) in [6.45, 7) is 4.25. The van der Waals surface area contributed by atoms with Gasteiger partial charge in [-0.3, -0.25) is 0 Å². The van der Waals surface area contributed by atoms with Crippen molar-refractivity contribution in [3.63, 3.8) is 0 Å². The molecule has 0 unspecified atom stereocenters. The summed E-state index contributed by atoms with van der Waals surface area (Å²) in [5.74, 6) is 0. The molecule has 0 bridgehead atoms. The lowest BCUT2D eigenvalue weighted by atomic mass is 10.2. The highest BCUT2D eigenvalue weighted by Crippen LogP contribution is 2.24. The summed E-state index contributed by atoms with van der Waals surface area (Å²) in [5, 5.41) is 2.61. The minimum Gasteiger partial charge on any atom is -0.355 e. The monoisotopic (exact) mass is 211 g/mol. The van der Waals surface area contributed by atoms with Gasteiger partial charge in [-0.25, -0.2) is 0 Å². The van der Waals surface area contributed by atoms with Crippen molar-refractivity contribution in [2.75, 3.05) is 0 Å². The third kappa shape index (κ3) is 1.94. The second kappa shape index (κ2) is 4.84. The summed E-state index contributed by atoms with van der Waals surface area (Å²) in [5.41, 5.74) is 2.42. The fraction of sp³-hybridized carbons (Fsp3) is 0.200. The summed E-state index contributed by atoms with van der Waals surface area (Å²) < 4.78 is 0. The zero-order valence-electron chi connectivity index (χ0n) is 9.83. The van der Waals surface area contributed by atoms with E-state index in [0.717, 1.165) is 0 Å². The van der Waals surface area contributed by atoms with Gasteiger partial charge in [0.2, 0.25) is 0 Å². The molecule has 82 valence electrons. The van der Waals surface area contributed by atoms with Crippen LogP contribution in [0.3, 0.4) is 0 Å². The number of para-hydroxylation sites is 2. The molecule has 0 radical (unpaired) electrons. The van der Waals surface area contributed by atoms with Crippen LogP contribution in [0.5, 0.6) is 0 Å². The number of aromatic nitrogens is 1. The molecule has 0 amide bonds. The second-order valence-electron chi connectivity index (χ2n) is 3.92. The maximum absolute atomic E-state index is 3.38. The number of nitrogens with one attached hydrogen (secondary N) is 1. The minimum atomic E-state index is 1.21. The molecule has 0 aliphatic rings. The van der Waals surface area contributed by atoms with Crippen molar-refractivity contribution in [1.29, 1.82) is 0 Å². The molecule has 0 fully saturated rings. The van der Waals surface area contributed by atoms with Crippen LogP contribution in [0.2, 0.25) is 0 Å². The lowest BCUT2D eigenvalue weighted by Crippen LogP contribution is -1.62. The Morgan fingerprint density at radius 1 is 0.750 bits per heavy atom. The number of aromatic amines is 1. The number of fused-ring (bicyclic) bond motifs is 3. The Hall–Kier alpha value is -1.76. The fourth-order valence-electron chi connectivity index (χ4n) is 1.80. The first-order chi connectivity index (χ1) is 7.86. The third-order valence-corrected chi connectivity index (χ3v) is 2.41. The number of hydrogen-bond donors (Lipinski definition) is 1. The van der Waals surface area contributed by atoms with E-state index in [2.05, 4.69) is 67.4 Å². The van der Waals surface area contributed by atoms with Crippen LogP contribution in [-0.4, -0.2) is 4.98 Å². The van der Waals surface area contributed by atoms with E-state index in [4.69, 9.17) is 0 Å². The SMILES string of the molecule is CCC.c1ccc2c(c1)[nH]c1ccccc12. The van der Waals surface area contributed by atoms with Gasteiger partial charge >= 0.3 is 0 Å². The molecule has 1 heterocycles. The van der Waals surface area contributed by atoms with E-state index in [1.54, 1.807) is 0 Å². The van der Waals surface area contributed by atoms with Gasteiger partial charge in [0, 0.05) is 21.8 Å². The van der Waals surface area contributed by atoms with Crippen molar-refractivity contribution in [3.8, 4) is 0 Å². The van der Waals surface area contributed by atoms with E-state index in [-0.39, 0.29) is 0 Å². The fourth-order valence-corrected chi connectivity index (χ4v) is 1.80. The average molecular weight is 211 g/mol. The molecule has 0 aliphatic carbocycles. The Morgan fingerprint density at radius 3 is 1.56 bits per heavy atom. The van der Waals surface area contributed by atoms with Crippen LogP contribution in [0, 0.1) is 0 Å². The van der Waals surface area contributed by atoms with Crippen LogP contribution in [0.25, 0.3) is 21.8 Å². The molecule has 1 heteroatoms. The molecule has 0 saturated heterocycles. The molecule has 2 aromatic carbocycles. The minimum absolute atomic E-state index is 1.21. The van der Waals surface area contributed by atoms with Gasteiger partial charge in [-0.2, -0.15) is 0 Å². The van der Waals surface area contributed by atoms with Crippen LogP contribution in [-0.2, 0) is 0 Å². The normalized spacial score (nSPS) is 10.1. The predicted octanol–water partition coefficient (Wildman–Crippen LogP) is 4.74. The van der Waals surface area contributed by atoms with Crippen molar-refractivity contribution in [2.45, 2.75) is 20.3 Å². The summed E-state index contributed by atoms with van der Waals surface area (Å²) in [6.07, 6.45) is 1.25.